The van der Waals surface area contributed by atoms with Crippen molar-refractivity contribution in [2.45, 2.75) is 57.9 Å². The summed E-state index contributed by atoms with van der Waals surface area (Å²) in [5.74, 6) is 0. The summed E-state index contributed by atoms with van der Waals surface area (Å²) in [6.07, 6.45) is -3.71. The molecule has 2 aliphatic heterocycles. The van der Waals surface area contributed by atoms with Gasteiger partial charge in [0.15, 0.2) is 10.9 Å². The van der Waals surface area contributed by atoms with Crippen molar-refractivity contribution in [1.29, 1.82) is 0 Å². The number of halogens is 2. The molecule has 0 amide bonds. The van der Waals surface area contributed by atoms with E-state index >= 15 is 0 Å². The van der Waals surface area contributed by atoms with Gasteiger partial charge < -0.3 is 19.3 Å². The van der Waals surface area contributed by atoms with Gasteiger partial charge in [0.05, 0.1) is 22.5 Å². The van der Waals surface area contributed by atoms with E-state index in [1.54, 1.807) is 24.3 Å². The molecule has 0 aromatic heterocycles. The van der Waals surface area contributed by atoms with E-state index in [-0.39, 0.29) is 29.2 Å². The second kappa shape index (κ2) is 13.0. The predicted molar refractivity (Wildman–Crippen MR) is 146 cm³/mol. The summed E-state index contributed by atoms with van der Waals surface area (Å²) in [7, 11) is -9.14. The predicted octanol–water partition coefficient (Wildman–Crippen LogP) is 3.76. The molecule has 7 atom stereocenters. The molecule has 0 bridgehead atoms. The standard InChI is InChI=1S/C23H26Br2O11PS2/c1-32-18-10-22(38(28,29)16-6-2-14(24)3-7-16)35-21(18)13-33-37(27)36-19-11-23(34-20(19)12-26)39(30,31)17-8-4-15(25)5-9-17/h2-9,18-23,26H,10-13H2,1H3/q+1/t18-,19-,20-,21-,22+,23+/m1/s1. The highest BCUT2D eigenvalue weighted by Gasteiger charge is 2.49. The quantitative estimate of drug-likeness (QED) is 0.337. The molecule has 0 aliphatic carbocycles. The lowest BCUT2D eigenvalue weighted by Crippen LogP contribution is -2.29. The largest absolute Gasteiger partial charge is 0.697 e. The van der Waals surface area contributed by atoms with Crippen LogP contribution in [0.15, 0.2) is 67.3 Å². The maximum Gasteiger partial charge on any atom is 0.697 e. The molecule has 2 aliphatic rings. The molecule has 2 heterocycles. The molecule has 1 unspecified atom stereocenters. The summed E-state index contributed by atoms with van der Waals surface area (Å²) in [5.41, 5.74) is -2.51. The van der Waals surface area contributed by atoms with Gasteiger partial charge in [-0.15, -0.1) is 9.05 Å². The van der Waals surface area contributed by atoms with Crippen LogP contribution in [0.3, 0.4) is 0 Å². The summed E-state index contributed by atoms with van der Waals surface area (Å²) < 4.78 is 93.3. The Balaban J connectivity index is 1.35. The average molecular weight is 733 g/mol. The Labute approximate surface area is 244 Å². The van der Waals surface area contributed by atoms with Gasteiger partial charge in [0.1, 0.15) is 24.9 Å². The molecule has 0 saturated carbocycles. The van der Waals surface area contributed by atoms with Crippen molar-refractivity contribution in [3.05, 3.63) is 57.5 Å². The van der Waals surface area contributed by atoms with Crippen molar-refractivity contribution >= 4 is 59.8 Å². The van der Waals surface area contributed by atoms with Gasteiger partial charge in [0.2, 0.25) is 19.7 Å². The normalized spacial score (nSPS) is 28.1. The first-order valence-corrected chi connectivity index (χ1v) is 17.4. The minimum absolute atomic E-state index is 0.0327. The second-order valence-corrected chi connectivity index (χ2v) is 15.7. The summed E-state index contributed by atoms with van der Waals surface area (Å²) in [6, 6.07) is 12.2. The minimum atomic E-state index is -3.91. The number of ether oxygens (including phenoxy) is 3. The molecule has 214 valence electrons. The monoisotopic (exact) mass is 731 g/mol. The number of benzene rings is 2. The molecule has 16 heteroatoms. The molecule has 1 N–H and O–H groups in total. The number of aliphatic hydroxyl groups is 1. The zero-order valence-corrected chi connectivity index (χ0v) is 26.2. The molecular formula is C23H26Br2O11PS2+. The fourth-order valence-electron chi connectivity index (χ4n) is 4.25. The van der Waals surface area contributed by atoms with E-state index in [0.717, 1.165) is 4.47 Å². The number of aliphatic hydroxyl groups excluding tert-OH is 1. The van der Waals surface area contributed by atoms with Gasteiger partial charge in [-0.3, -0.25) is 0 Å². The van der Waals surface area contributed by atoms with Crippen molar-refractivity contribution in [3.8, 4) is 0 Å². The van der Waals surface area contributed by atoms with Crippen LogP contribution in [-0.2, 0) is 47.5 Å². The summed E-state index contributed by atoms with van der Waals surface area (Å²) in [5, 5.41) is 9.69. The van der Waals surface area contributed by atoms with Gasteiger partial charge in [0.25, 0.3) is 0 Å². The fourth-order valence-corrected chi connectivity index (χ4v) is 8.66. The first-order chi connectivity index (χ1) is 18.4. The molecule has 2 aromatic rings. The van der Waals surface area contributed by atoms with Gasteiger partial charge >= 0.3 is 8.25 Å². The Morgan fingerprint density at radius 2 is 1.31 bits per heavy atom. The third-order valence-corrected chi connectivity index (χ3v) is 12.1. The number of hydrogen-bond acceptors (Lipinski definition) is 11. The van der Waals surface area contributed by atoms with Crippen LogP contribution < -0.4 is 0 Å². The summed E-state index contributed by atoms with van der Waals surface area (Å²) in [4.78, 5) is 0.121. The Kier molecular flexibility index (Phi) is 10.4. The van der Waals surface area contributed by atoms with E-state index in [2.05, 4.69) is 31.9 Å². The number of hydrogen-bond donors (Lipinski definition) is 1. The van der Waals surface area contributed by atoms with Gasteiger partial charge in [-0.05, 0) is 48.5 Å². The molecule has 0 spiro atoms. The van der Waals surface area contributed by atoms with E-state index in [1.807, 2.05) is 0 Å². The first kappa shape index (κ1) is 31.1. The maximum absolute atomic E-state index is 13.0. The zero-order valence-electron chi connectivity index (χ0n) is 20.5. The van der Waals surface area contributed by atoms with E-state index in [1.165, 1.54) is 31.4 Å². The van der Waals surface area contributed by atoms with Gasteiger partial charge in [-0.2, -0.15) is 0 Å². The van der Waals surface area contributed by atoms with Crippen LogP contribution in [0.1, 0.15) is 12.8 Å². The lowest BCUT2D eigenvalue weighted by molar-refractivity contribution is -0.0225. The lowest BCUT2D eigenvalue weighted by atomic mass is 10.2. The van der Waals surface area contributed by atoms with E-state index in [0.29, 0.717) is 4.47 Å². The molecule has 0 radical (unpaired) electrons. The second-order valence-electron chi connectivity index (χ2n) is 8.80. The van der Waals surface area contributed by atoms with Crippen molar-refractivity contribution < 1.29 is 49.8 Å². The van der Waals surface area contributed by atoms with Crippen LogP contribution in [0.2, 0.25) is 0 Å². The SMILES string of the molecule is CO[C@@H]1C[C@H](S(=O)(=O)c2ccc(Br)cc2)O[C@@H]1CO[P+](=O)O[C@@H]1C[C@H](S(=O)(=O)c2ccc(Br)cc2)O[C@@H]1CO. The highest BCUT2D eigenvalue weighted by molar-refractivity contribution is 9.10. The highest BCUT2D eigenvalue weighted by atomic mass is 79.9. The first-order valence-electron chi connectivity index (χ1n) is 11.7. The summed E-state index contributed by atoms with van der Waals surface area (Å²) in [6.45, 7) is -0.870. The van der Waals surface area contributed by atoms with E-state index < -0.39 is 69.8 Å². The topological polar surface area (TPSA) is 152 Å². The Morgan fingerprint density at radius 1 is 0.846 bits per heavy atom. The van der Waals surface area contributed by atoms with Gasteiger partial charge in [0, 0.05) is 33.5 Å². The third kappa shape index (κ3) is 7.15. The fraction of sp³-hybridized carbons (Fsp3) is 0.478. The third-order valence-electron chi connectivity index (χ3n) is 6.36. The molecular weight excluding hydrogens is 707 g/mol. The van der Waals surface area contributed by atoms with Crippen LogP contribution in [0.4, 0.5) is 0 Å². The molecule has 2 fully saturated rings. The molecule has 2 saturated heterocycles. The number of methoxy groups -OCH3 is 1. The maximum atomic E-state index is 13.0. The zero-order chi connectivity index (χ0) is 28.4. The van der Waals surface area contributed by atoms with Crippen LogP contribution >= 0.6 is 40.1 Å². The van der Waals surface area contributed by atoms with Crippen LogP contribution in [0, 0.1) is 0 Å². The van der Waals surface area contributed by atoms with Crippen molar-refractivity contribution in [3.63, 3.8) is 0 Å². The smallest absolute Gasteiger partial charge is 0.394 e. The summed E-state index contributed by atoms with van der Waals surface area (Å²) >= 11 is 6.52. The minimum Gasteiger partial charge on any atom is -0.394 e. The van der Waals surface area contributed by atoms with E-state index in [4.69, 9.17) is 23.3 Å². The Hall–Kier alpha value is -0.840. The Morgan fingerprint density at radius 3 is 1.77 bits per heavy atom. The number of rotatable bonds is 11. The number of sulfone groups is 2. The molecule has 2 aromatic carbocycles. The van der Waals surface area contributed by atoms with Crippen LogP contribution in [-0.4, -0.2) is 77.6 Å². The van der Waals surface area contributed by atoms with Crippen LogP contribution in [0.25, 0.3) is 0 Å². The molecule has 39 heavy (non-hydrogen) atoms. The van der Waals surface area contributed by atoms with Crippen molar-refractivity contribution in [2.24, 2.45) is 0 Å². The lowest BCUT2D eigenvalue weighted by Gasteiger charge is -2.14. The average Bonchev–Trinajstić information content (AvgIpc) is 3.52. The van der Waals surface area contributed by atoms with Crippen molar-refractivity contribution in [2.75, 3.05) is 20.3 Å². The Bertz CT molecular complexity index is 1370. The van der Waals surface area contributed by atoms with Crippen molar-refractivity contribution in [1.82, 2.24) is 0 Å². The van der Waals surface area contributed by atoms with Crippen LogP contribution in [0.5, 0.6) is 0 Å². The molecule has 4 rings (SSSR count). The highest BCUT2D eigenvalue weighted by Crippen LogP contribution is 2.38. The van der Waals surface area contributed by atoms with E-state index in [9.17, 15) is 26.5 Å². The molecule has 11 nitrogen and oxygen atoms in total. The van der Waals surface area contributed by atoms with Gasteiger partial charge in [-0.25, -0.2) is 16.8 Å². The van der Waals surface area contributed by atoms with Gasteiger partial charge in [-0.1, -0.05) is 31.9 Å².